The first-order valence-corrected chi connectivity index (χ1v) is 10.2. The van der Waals surface area contributed by atoms with E-state index in [2.05, 4.69) is 52.0 Å². The number of rotatable bonds is 6. The molecule has 0 fully saturated rings. The number of nitriles is 1. The van der Waals surface area contributed by atoms with Crippen LogP contribution in [0.2, 0.25) is 0 Å². The van der Waals surface area contributed by atoms with E-state index in [1.54, 1.807) is 30.2 Å². The van der Waals surface area contributed by atoms with Gasteiger partial charge in [0.05, 0.1) is 29.8 Å². The summed E-state index contributed by atoms with van der Waals surface area (Å²) in [5, 5.41) is 11.8. The second kappa shape index (κ2) is 9.16. The van der Waals surface area contributed by atoms with Gasteiger partial charge in [-0.05, 0) is 42.8 Å². The number of aliphatic imine (C=N–C) groups is 2. The van der Waals surface area contributed by atoms with Crippen molar-refractivity contribution in [3.05, 3.63) is 66.6 Å². The van der Waals surface area contributed by atoms with Crippen LogP contribution in [0, 0.1) is 11.3 Å². The zero-order chi connectivity index (χ0) is 19.9. The van der Waals surface area contributed by atoms with Crippen molar-refractivity contribution in [3.8, 4) is 17.5 Å². The average molecular weight is 388 g/mol. The number of nitrogens with zero attached hydrogens (tertiary/aromatic N) is 5. The van der Waals surface area contributed by atoms with E-state index in [1.165, 1.54) is 5.39 Å². The van der Waals surface area contributed by atoms with Crippen LogP contribution in [0.3, 0.4) is 0 Å². The van der Waals surface area contributed by atoms with Crippen LogP contribution >= 0.6 is 11.8 Å². The zero-order valence-electron chi connectivity index (χ0n) is 15.9. The molecule has 0 aliphatic heterocycles. The predicted molar refractivity (Wildman–Crippen MR) is 119 cm³/mol. The van der Waals surface area contributed by atoms with Gasteiger partial charge in [-0.15, -0.1) is 11.8 Å². The summed E-state index contributed by atoms with van der Waals surface area (Å²) in [4.78, 5) is 13.1. The molecule has 0 aliphatic rings. The minimum Gasteiger partial charge on any atom is -0.280 e. The highest BCUT2D eigenvalue weighted by Crippen LogP contribution is 2.27. The molecule has 0 bridgehead atoms. The van der Waals surface area contributed by atoms with Crippen LogP contribution in [-0.4, -0.2) is 34.2 Å². The molecule has 0 N–H and O–H groups in total. The Morgan fingerprint density at radius 1 is 1.32 bits per heavy atom. The van der Waals surface area contributed by atoms with E-state index in [-0.39, 0.29) is 5.92 Å². The summed E-state index contributed by atoms with van der Waals surface area (Å²) in [6.45, 7) is 5.37. The highest BCUT2D eigenvalue weighted by molar-refractivity contribution is 7.98. The van der Waals surface area contributed by atoms with Crippen molar-refractivity contribution in [3.63, 3.8) is 0 Å². The molecule has 0 saturated carbocycles. The third-order valence-electron chi connectivity index (χ3n) is 4.35. The lowest BCUT2D eigenvalue weighted by molar-refractivity contribution is 0.890. The van der Waals surface area contributed by atoms with Crippen molar-refractivity contribution in [1.29, 1.82) is 5.26 Å². The molecule has 6 heteroatoms. The van der Waals surface area contributed by atoms with Gasteiger partial charge in [-0.25, -0.2) is 4.98 Å². The van der Waals surface area contributed by atoms with E-state index in [1.807, 2.05) is 35.9 Å². The molecule has 0 aliphatic carbocycles. The van der Waals surface area contributed by atoms with Gasteiger partial charge in [0.25, 0.3) is 0 Å². The average Bonchev–Trinajstić information content (AvgIpc) is 3.18. The Kier molecular flexibility index (Phi) is 6.41. The molecule has 2 aromatic carbocycles. The normalized spacial score (nSPS) is 13.0. The maximum absolute atomic E-state index is 9.49. The molecule has 1 atom stereocenters. The van der Waals surface area contributed by atoms with Gasteiger partial charge in [0.1, 0.15) is 11.7 Å². The SMILES string of the molecule is C=N/C=C\C(=N/CSC)n1c(C(C)C#N)cnc1-c1ccc2ccccc2c1. The maximum atomic E-state index is 9.49. The fourth-order valence-corrected chi connectivity index (χ4v) is 3.22. The van der Waals surface area contributed by atoms with Gasteiger partial charge in [-0.3, -0.25) is 14.6 Å². The largest absolute Gasteiger partial charge is 0.280 e. The topological polar surface area (TPSA) is 66.3 Å². The van der Waals surface area contributed by atoms with Crippen molar-refractivity contribution in [2.75, 3.05) is 12.1 Å². The van der Waals surface area contributed by atoms with Crippen LogP contribution in [0.5, 0.6) is 0 Å². The van der Waals surface area contributed by atoms with Gasteiger partial charge < -0.3 is 0 Å². The van der Waals surface area contributed by atoms with Crippen molar-refractivity contribution in [2.45, 2.75) is 12.8 Å². The van der Waals surface area contributed by atoms with E-state index in [4.69, 9.17) is 0 Å². The van der Waals surface area contributed by atoms with Crippen LogP contribution < -0.4 is 0 Å². The second-order valence-corrected chi connectivity index (χ2v) is 7.02. The van der Waals surface area contributed by atoms with Crippen LogP contribution in [0.15, 0.2) is 70.9 Å². The van der Waals surface area contributed by atoms with E-state index < -0.39 is 0 Å². The Hall–Kier alpha value is -3.17. The predicted octanol–water partition coefficient (Wildman–Crippen LogP) is 5.11. The highest BCUT2D eigenvalue weighted by Gasteiger charge is 2.19. The van der Waals surface area contributed by atoms with E-state index >= 15 is 0 Å². The summed E-state index contributed by atoms with van der Waals surface area (Å²) in [7, 11) is 0. The molecule has 3 rings (SSSR count). The molecule has 0 saturated heterocycles. The van der Waals surface area contributed by atoms with Gasteiger partial charge in [0, 0.05) is 11.8 Å². The molecule has 5 nitrogen and oxygen atoms in total. The minimum atomic E-state index is -0.328. The molecular weight excluding hydrogens is 366 g/mol. The van der Waals surface area contributed by atoms with Crippen molar-refractivity contribution >= 4 is 35.1 Å². The summed E-state index contributed by atoms with van der Waals surface area (Å²) in [5.41, 5.74) is 1.76. The Morgan fingerprint density at radius 2 is 2.11 bits per heavy atom. The molecule has 1 unspecified atom stereocenters. The monoisotopic (exact) mass is 387 g/mol. The number of hydrogen-bond acceptors (Lipinski definition) is 5. The van der Waals surface area contributed by atoms with Gasteiger partial charge in [0.15, 0.2) is 0 Å². The molecule has 1 aromatic heterocycles. The van der Waals surface area contributed by atoms with Crippen LogP contribution in [0.4, 0.5) is 0 Å². The minimum absolute atomic E-state index is 0.328. The van der Waals surface area contributed by atoms with Crippen molar-refractivity contribution in [2.24, 2.45) is 9.98 Å². The second-order valence-electron chi connectivity index (χ2n) is 6.19. The molecule has 28 heavy (non-hydrogen) atoms. The lowest BCUT2D eigenvalue weighted by atomic mass is 10.1. The summed E-state index contributed by atoms with van der Waals surface area (Å²) in [6.07, 6.45) is 7.14. The summed E-state index contributed by atoms with van der Waals surface area (Å²) in [6, 6.07) is 16.7. The Labute approximate surface area is 169 Å². The Morgan fingerprint density at radius 3 is 2.82 bits per heavy atom. The van der Waals surface area contributed by atoms with Gasteiger partial charge in [-0.1, -0.05) is 36.4 Å². The third-order valence-corrected chi connectivity index (χ3v) is 4.74. The molecule has 0 spiro atoms. The number of aromatic nitrogens is 2. The van der Waals surface area contributed by atoms with Crippen molar-refractivity contribution < 1.29 is 0 Å². The number of imidazole rings is 1. The molecule has 1 heterocycles. The first-order chi connectivity index (χ1) is 13.7. The maximum Gasteiger partial charge on any atom is 0.145 e. The number of allylic oxidation sites excluding steroid dienone is 1. The van der Waals surface area contributed by atoms with E-state index in [9.17, 15) is 5.26 Å². The quantitative estimate of drug-likeness (QED) is 0.436. The zero-order valence-corrected chi connectivity index (χ0v) is 16.7. The fourth-order valence-electron chi connectivity index (χ4n) is 2.96. The first-order valence-electron chi connectivity index (χ1n) is 8.82. The van der Waals surface area contributed by atoms with E-state index in [0.29, 0.717) is 11.7 Å². The lowest BCUT2D eigenvalue weighted by Gasteiger charge is -2.14. The number of thioether (sulfide) groups is 1. The number of benzene rings is 2. The molecule has 0 amide bonds. The first kappa shape index (κ1) is 19.6. The number of fused-ring (bicyclic) bond motifs is 1. The fraction of sp³-hybridized carbons (Fsp3) is 0.182. The standard InChI is InChI=1S/C22H21N5S/c1-16(13-23)20-14-25-22(27(20)21(10-11-24-2)26-15-28-3)19-9-8-17-6-4-5-7-18(17)12-19/h4-12,14,16H,2,15H2,1,3H3/b11-10-,26-21+. The van der Waals surface area contributed by atoms with Crippen LogP contribution in [0.1, 0.15) is 18.5 Å². The van der Waals surface area contributed by atoms with E-state index in [0.717, 1.165) is 22.5 Å². The molecule has 0 radical (unpaired) electrons. The van der Waals surface area contributed by atoms with Crippen molar-refractivity contribution in [1.82, 2.24) is 9.55 Å². The Bertz CT molecular complexity index is 1090. The smallest absolute Gasteiger partial charge is 0.145 e. The summed E-state index contributed by atoms with van der Waals surface area (Å²) in [5.74, 6) is 1.69. The van der Waals surface area contributed by atoms with Gasteiger partial charge in [-0.2, -0.15) is 5.26 Å². The third kappa shape index (κ3) is 4.05. The highest BCUT2D eigenvalue weighted by atomic mass is 32.2. The van der Waals surface area contributed by atoms with Crippen LogP contribution in [0.25, 0.3) is 22.2 Å². The Balaban J connectivity index is 2.23. The van der Waals surface area contributed by atoms with Gasteiger partial charge >= 0.3 is 0 Å². The molecule has 3 aromatic rings. The summed E-state index contributed by atoms with van der Waals surface area (Å²) >= 11 is 1.62. The van der Waals surface area contributed by atoms with Gasteiger partial charge in [0.2, 0.25) is 0 Å². The number of hydrogen-bond donors (Lipinski definition) is 0. The molecular formula is C22H21N5S. The molecule has 140 valence electrons. The van der Waals surface area contributed by atoms with Crippen LogP contribution in [-0.2, 0) is 0 Å². The summed E-state index contributed by atoms with van der Waals surface area (Å²) < 4.78 is 1.94. The lowest BCUT2D eigenvalue weighted by Crippen LogP contribution is -2.16.